The van der Waals surface area contributed by atoms with Crippen LogP contribution in [0.2, 0.25) is 0 Å². The van der Waals surface area contributed by atoms with Gasteiger partial charge in [0.25, 0.3) is 0 Å². The van der Waals surface area contributed by atoms with Crippen molar-refractivity contribution in [3.63, 3.8) is 0 Å². The molecule has 2 aliphatic carbocycles. The number of ketones is 1. The SMILES string of the molecule is CN(C)C(=O)O.O=C1C=C2CC2C1. The maximum atomic E-state index is 10.4. The van der Waals surface area contributed by atoms with Crippen molar-refractivity contribution in [3.05, 3.63) is 11.6 Å². The highest BCUT2D eigenvalue weighted by Gasteiger charge is 2.36. The molecule has 0 spiro atoms. The summed E-state index contributed by atoms with van der Waals surface area (Å²) < 4.78 is 0. The van der Waals surface area contributed by atoms with E-state index in [4.69, 9.17) is 5.11 Å². The van der Waals surface area contributed by atoms with Crippen molar-refractivity contribution >= 4 is 11.9 Å². The minimum absolute atomic E-state index is 0.339. The topological polar surface area (TPSA) is 57.6 Å². The summed E-state index contributed by atoms with van der Waals surface area (Å²) in [5.41, 5.74) is 1.39. The molecule has 13 heavy (non-hydrogen) atoms. The van der Waals surface area contributed by atoms with E-state index in [1.807, 2.05) is 0 Å². The maximum Gasteiger partial charge on any atom is 0.406 e. The maximum absolute atomic E-state index is 10.4. The van der Waals surface area contributed by atoms with Crippen LogP contribution in [0.1, 0.15) is 12.8 Å². The second-order valence-electron chi connectivity index (χ2n) is 3.47. The van der Waals surface area contributed by atoms with Gasteiger partial charge in [-0.3, -0.25) is 4.79 Å². The summed E-state index contributed by atoms with van der Waals surface area (Å²) in [4.78, 5) is 21.1. The molecule has 0 aromatic carbocycles. The van der Waals surface area contributed by atoms with E-state index >= 15 is 0 Å². The van der Waals surface area contributed by atoms with Gasteiger partial charge in [0.05, 0.1) is 0 Å². The Morgan fingerprint density at radius 1 is 1.54 bits per heavy atom. The van der Waals surface area contributed by atoms with Crippen LogP contribution in [0.25, 0.3) is 0 Å². The van der Waals surface area contributed by atoms with Crippen LogP contribution in [0.3, 0.4) is 0 Å². The lowest BCUT2D eigenvalue weighted by Crippen LogP contribution is -2.18. The molecular formula is C9H13NO3. The Hall–Kier alpha value is -1.32. The number of carbonyl (C=O) groups excluding carboxylic acids is 1. The van der Waals surface area contributed by atoms with Crippen LogP contribution >= 0.6 is 0 Å². The predicted molar refractivity (Wildman–Crippen MR) is 47.5 cm³/mol. The predicted octanol–water partition coefficient (Wildman–Crippen LogP) is 1.13. The summed E-state index contributed by atoms with van der Waals surface area (Å²) in [6.45, 7) is 0. The molecule has 1 N–H and O–H groups in total. The monoisotopic (exact) mass is 183 g/mol. The quantitative estimate of drug-likeness (QED) is 0.612. The van der Waals surface area contributed by atoms with E-state index in [9.17, 15) is 9.59 Å². The van der Waals surface area contributed by atoms with Crippen LogP contribution < -0.4 is 0 Å². The summed E-state index contributed by atoms with van der Waals surface area (Å²) in [5, 5.41) is 7.92. The molecule has 1 unspecified atom stereocenters. The molecule has 1 fully saturated rings. The summed E-state index contributed by atoms with van der Waals surface area (Å²) in [7, 11) is 2.95. The zero-order valence-corrected chi connectivity index (χ0v) is 7.78. The van der Waals surface area contributed by atoms with Gasteiger partial charge in [0.1, 0.15) is 0 Å². The Labute approximate surface area is 76.8 Å². The van der Waals surface area contributed by atoms with Crippen molar-refractivity contribution in [2.75, 3.05) is 14.1 Å². The standard InChI is InChI=1S/C6H6O.C3H7NO2/c7-6-2-4-1-5(4)3-6;1-4(2)3(5)6/h2,5H,1,3H2;1-2H3,(H,5,6). The number of hydrogen-bond donors (Lipinski definition) is 1. The molecule has 0 aromatic heterocycles. The number of carbonyl (C=O) groups is 2. The molecule has 72 valence electrons. The van der Waals surface area contributed by atoms with E-state index in [1.54, 1.807) is 6.08 Å². The van der Waals surface area contributed by atoms with Gasteiger partial charge in [-0.05, 0) is 18.4 Å². The minimum atomic E-state index is -0.907. The van der Waals surface area contributed by atoms with E-state index in [2.05, 4.69) is 0 Å². The van der Waals surface area contributed by atoms with Crippen LogP contribution in [0.5, 0.6) is 0 Å². The van der Waals surface area contributed by atoms with E-state index < -0.39 is 6.09 Å². The van der Waals surface area contributed by atoms with Crippen LogP contribution in [0.15, 0.2) is 11.6 Å². The first-order chi connectivity index (χ1) is 6.00. The minimum Gasteiger partial charge on any atom is -0.465 e. The Kier molecular flexibility index (Phi) is 2.70. The second-order valence-corrected chi connectivity index (χ2v) is 3.47. The smallest absolute Gasteiger partial charge is 0.406 e. The molecule has 2 rings (SSSR count). The Balaban J connectivity index is 0.000000133. The van der Waals surface area contributed by atoms with Gasteiger partial charge < -0.3 is 10.0 Å². The number of carboxylic acid groups (broad SMARTS) is 1. The van der Waals surface area contributed by atoms with Crippen molar-refractivity contribution in [1.29, 1.82) is 0 Å². The second kappa shape index (κ2) is 3.60. The molecule has 1 amide bonds. The highest BCUT2D eigenvalue weighted by atomic mass is 16.4. The van der Waals surface area contributed by atoms with E-state index in [0.29, 0.717) is 11.7 Å². The van der Waals surface area contributed by atoms with Crippen LogP contribution in [0.4, 0.5) is 4.79 Å². The number of nitrogens with zero attached hydrogens (tertiary/aromatic N) is 1. The molecule has 0 bridgehead atoms. The van der Waals surface area contributed by atoms with Gasteiger partial charge in [0.2, 0.25) is 0 Å². The lowest BCUT2D eigenvalue weighted by molar-refractivity contribution is -0.114. The molecule has 1 saturated carbocycles. The van der Waals surface area contributed by atoms with Crippen molar-refractivity contribution in [2.45, 2.75) is 12.8 Å². The lowest BCUT2D eigenvalue weighted by Gasteiger charge is -1.99. The number of amides is 1. The molecule has 0 heterocycles. The van der Waals surface area contributed by atoms with Gasteiger partial charge in [-0.2, -0.15) is 0 Å². The van der Waals surface area contributed by atoms with E-state index in [0.717, 1.165) is 11.3 Å². The third-order valence-corrected chi connectivity index (χ3v) is 2.02. The zero-order chi connectivity index (χ0) is 10.0. The highest BCUT2D eigenvalue weighted by Crippen LogP contribution is 2.45. The largest absolute Gasteiger partial charge is 0.465 e. The Morgan fingerprint density at radius 2 is 2.08 bits per heavy atom. The molecule has 0 aromatic rings. The molecule has 0 radical (unpaired) electrons. The zero-order valence-electron chi connectivity index (χ0n) is 7.78. The Morgan fingerprint density at radius 3 is 2.23 bits per heavy atom. The first kappa shape index (κ1) is 9.77. The fourth-order valence-electron chi connectivity index (χ4n) is 1.11. The third kappa shape index (κ3) is 2.89. The van der Waals surface area contributed by atoms with Crippen molar-refractivity contribution in [2.24, 2.45) is 5.92 Å². The lowest BCUT2D eigenvalue weighted by atomic mass is 10.3. The number of rotatable bonds is 0. The summed E-state index contributed by atoms with van der Waals surface area (Å²) in [5.74, 6) is 1.04. The first-order valence-corrected chi connectivity index (χ1v) is 4.14. The Bertz CT molecular complexity index is 268. The fourth-order valence-corrected chi connectivity index (χ4v) is 1.11. The molecule has 4 heteroatoms. The van der Waals surface area contributed by atoms with Crippen molar-refractivity contribution in [1.82, 2.24) is 4.90 Å². The highest BCUT2D eigenvalue weighted by molar-refractivity contribution is 5.95. The summed E-state index contributed by atoms with van der Waals surface area (Å²) in [6, 6.07) is 0. The van der Waals surface area contributed by atoms with Gasteiger partial charge in [0, 0.05) is 20.5 Å². The average molecular weight is 183 g/mol. The van der Waals surface area contributed by atoms with E-state index in [-0.39, 0.29) is 0 Å². The van der Waals surface area contributed by atoms with Gasteiger partial charge in [-0.25, -0.2) is 4.79 Å². The van der Waals surface area contributed by atoms with Gasteiger partial charge >= 0.3 is 6.09 Å². The fraction of sp³-hybridized carbons (Fsp3) is 0.556. The van der Waals surface area contributed by atoms with Crippen molar-refractivity contribution in [3.8, 4) is 0 Å². The van der Waals surface area contributed by atoms with Crippen LogP contribution in [0, 0.1) is 5.92 Å². The van der Waals surface area contributed by atoms with E-state index in [1.165, 1.54) is 26.1 Å². The molecule has 0 saturated heterocycles. The number of fused-ring (bicyclic) bond motifs is 1. The van der Waals surface area contributed by atoms with Gasteiger partial charge in [0.15, 0.2) is 5.78 Å². The first-order valence-electron chi connectivity index (χ1n) is 4.14. The van der Waals surface area contributed by atoms with Gasteiger partial charge in [-0.1, -0.05) is 5.57 Å². The summed E-state index contributed by atoms with van der Waals surface area (Å²) >= 11 is 0. The average Bonchev–Trinajstić information content (AvgIpc) is 2.60. The van der Waals surface area contributed by atoms with Crippen molar-refractivity contribution < 1.29 is 14.7 Å². The van der Waals surface area contributed by atoms with Crippen LogP contribution in [-0.2, 0) is 4.79 Å². The molecule has 1 atom stereocenters. The molecule has 2 aliphatic rings. The number of hydrogen-bond acceptors (Lipinski definition) is 2. The van der Waals surface area contributed by atoms with Crippen LogP contribution in [-0.4, -0.2) is 36.0 Å². The molecule has 0 aliphatic heterocycles. The van der Waals surface area contributed by atoms with Gasteiger partial charge in [-0.15, -0.1) is 0 Å². The molecule has 4 nitrogen and oxygen atoms in total. The third-order valence-electron chi connectivity index (χ3n) is 2.02. The summed E-state index contributed by atoms with van der Waals surface area (Å²) in [6.07, 6.45) is 2.92. The normalized spacial score (nSPS) is 22.5. The number of allylic oxidation sites excluding steroid dienone is 2. The molecular weight excluding hydrogens is 170 g/mol.